The number of rotatable bonds is 2. The average molecular weight is 171 g/mol. The van der Waals surface area contributed by atoms with E-state index in [0.29, 0.717) is 0 Å². The monoisotopic (exact) mass is 170 g/mol. The highest BCUT2D eigenvalue weighted by atomic mass is 35.5. The summed E-state index contributed by atoms with van der Waals surface area (Å²) in [5, 5.41) is 8.85. The first-order chi connectivity index (χ1) is 5.22. The summed E-state index contributed by atoms with van der Waals surface area (Å²) in [4.78, 5) is 0. The van der Waals surface area contributed by atoms with Crippen LogP contribution in [0.1, 0.15) is 17.9 Å². The van der Waals surface area contributed by atoms with Gasteiger partial charge in [0.2, 0.25) is 0 Å². The van der Waals surface area contributed by atoms with Gasteiger partial charge in [-0.3, -0.25) is 0 Å². The SMILES string of the molecule is C[C@@H](O)[C@@H](Cl)c1ccccc1. The van der Waals surface area contributed by atoms with E-state index in [1.807, 2.05) is 30.3 Å². The van der Waals surface area contributed by atoms with Crippen molar-refractivity contribution in [1.29, 1.82) is 0 Å². The molecule has 0 heterocycles. The van der Waals surface area contributed by atoms with E-state index in [9.17, 15) is 0 Å². The number of aliphatic hydroxyl groups is 1. The van der Waals surface area contributed by atoms with Gasteiger partial charge in [-0.25, -0.2) is 0 Å². The second-order valence-corrected chi connectivity index (χ2v) is 3.02. The van der Waals surface area contributed by atoms with Crippen LogP contribution < -0.4 is 0 Å². The molecule has 60 valence electrons. The first-order valence-electron chi connectivity index (χ1n) is 3.59. The van der Waals surface area contributed by atoms with Crippen molar-refractivity contribution in [2.45, 2.75) is 18.4 Å². The fourth-order valence-electron chi connectivity index (χ4n) is 0.915. The van der Waals surface area contributed by atoms with Crippen molar-refractivity contribution < 1.29 is 5.11 Å². The third-order valence-electron chi connectivity index (χ3n) is 1.54. The van der Waals surface area contributed by atoms with Crippen LogP contribution in [0.15, 0.2) is 30.3 Å². The van der Waals surface area contributed by atoms with Gasteiger partial charge in [0.15, 0.2) is 0 Å². The molecular formula is C9H11ClO. The molecule has 1 aromatic rings. The van der Waals surface area contributed by atoms with E-state index in [2.05, 4.69) is 0 Å². The molecule has 0 radical (unpaired) electrons. The second-order valence-electron chi connectivity index (χ2n) is 2.55. The van der Waals surface area contributed by atoms with Crippen molar-refractivity contribution in [3.63, 3.8) is 0 Å². The van der Waals surface area contributed by atoms with Gasteiger partial charge in [-0.2, -0.15) is 0 Å². The lowest BCUT2D eigenvalue weighted by Gasteiger charge is -2.11. The minimum atomic E-state index is -0.501. The highest BCUT2D eigenvalue weighted by Gasteiger charge is 2.12. The molecule has 2 heteroatoms. The standard InChI is InChI=1S/C9H11ClO/c1-7(11)9(10)8-5-3-2-4-6-8/h2-7,9,11H,1H3/t7-,9-/m1/s1. The van der Waals surface area contributed by atoms with E-state index in [0.717, 1.165) is 5.56 Å². The average Bonchev–Trinajstić information content (AvgIpc) is 2.05. The zero-order chi connectivity index (χ0) is 8.27. The highest BCUT2D eigenvalue weighted by Crippen LogP contribution is 2.23. The van der Waals surface area contributed by atoms with Gasteiger partial charge < -0.3 is 5.11 Å². The number of hydrogen-bond donors (Lipinski definition) is 1. The van der Waals surface area contributed by atoms with Crippen LogP contribution in [0, 0.1) is 0 Å². The van der Waals surface area contributed by atoms with Crippen LogP contribution in [0.4, 0.5) is 0 Å². The summed E-state index contributed by atoms with van der Waals surface area (Å²) in [6.07, 6.45) is -0.501. The van der Waals surface area contributed by atoms with Crippen molar-refractivity contribution in [2.24, 2.45) is 0 Å². The van der Waals surface area contributed by atoms with Crippen LogP contribution >= 0.6 is 11.6 Å². The number of halogens is 1. The molecule has 0 aliphatic heterocycles. The summed E-state index contributed by atoms with van der Waals surface area (Å²) in [5.41, 5.74) is 0.962. The molecular weight excluding hydrogens is 160 g/mol. The normalized spacial score (nSPS) is 15.9. The Hall–Kier alpha value is -0.530. The zero-order valence-electron chi connectivity index (χ0n) is 6.37. The van der Waals surface area contributed by atoms with E-state index >= 15 is 0 Å². The van der Waals surface area contributed by atoms with Gasteiger partial charge in [-0.15, -0.1) is 11.6 Å². The highest BCUT2D eigenvalue weighted by molar-refractivity contribution is 6.21. The minimum Gasteiger partial charge on any atom is -0.392 e. The van der Waals surface area contributed by atoms with Gasteiger partial charge in [0, 0.05) is 0 Å². The Morgan fingerprint density at radius 3 is 2.27 bits per heavy atom. The molecule has 0 saturated carbocycles. The maximum Gasteiger partial charge on any atom is 0.0841 e. The lowest BCUT2D eigenvalue weighted by molar-refractivity contribution is 0.190. The molecule has 11 heavy (non-hydrogen) atoms. The van der Waals surface area contributed by atoms with Crippen LogP contribution in [0.2, 0.25) is 0 Å². The third kappa shape index (κ3) is 2.21. The molecule has 0 bridgehead atoms. The molecule has 0 fully saturated rings. The van der Waals surface area contributed by atoms with Crippen molar-refractivity contribution in [3.8, 4) is 0 Å². The summed E-state index contributed by atoms with van der Waals surface area (Å²) in [7, 11) is 0. The van der Waals surface area contributed by atoms with Crippen LogP contribution in [0.25, 0.3) is 0 Å². The van der Waals surface area contributed by atoms with Gasteiger partial charge in [-0.05, 0) is 12.5 Å². The number of alkyl halides is 1. The zero-order valence-corrected chi connectivity index (χ0v) is 7.12. The molecule has 0 spiro atoms. The van der Waals surface area contributed by atoms with E-state index in [4.69, 9.17) is 16.7 Å². The van der Waals surface area contributed by atoms with Crippen molar-refractivity contribution in [2.75, 3.05) is 0 Å². The first-order valence-corrected chi connectivity index (χ1v) is 4.02. The minimum absolute atomic E-state index is 0.295. The van der Waals surface area contributed by atoms with Crippen molar-refractivity contribution in [1.82, 2.24) is 0 Å². The van der Waals surface area contributed by atoms with E-state index in [-0.39, 0.29) is 5.38 Å². The molecule has 0 amide bonds. The third-order valence-corrected chi connectivity index (χ3v) is 2.16. The van der Waals surface area contributed by atoms with Gasteiger partial charge >= 0.3 is 0 Å². The Morgan fingerprint density at radius 2 is 1.82 bits per heavy atom. The lowest BCUT2D eigenvalue weighted by atomic mass is 10.1. The van der Waals surface area contributed by atoms with Gasteiger partial charge in [0.25, 0.3) is 0 Å². The van der Waals surface area contributed by atoms with Gasteiger partial charge in [-0.1, -0.05) is 30.3 Å². The van der Waals surface area contributed by atoms with Crippen LogP contribution in [-0.4, -0.2) is 11.2 Å². The largest absolute Gasteiger partial charge is 0.392 e. The lowest BCUT2D eigenvalue weighted by Crippen LogP contribution is -2.08. The Bertz CT molecular complexity index is 208. The first kappa shape index (κ1) is 8.57. The van der Waals surface area contributed by atoms with Crippen LogP contribution in [0.5, 0.6) is 0 Å². The van der Waals surface area contributed by atoms with Crippen molar-refractivity contribution in [3.05, 3.63) is 35.9 Å². The Kier molecular flexibility index (Phi) is 2.92. The van der Waals surface area contributed by atoms with Gasteiger partial charge in [0.05, 0.1) is 11.5 Å². The predicted molar refractivity (Wildman–Crippen MR) is 46.7 cm³/mol. The van der Waals surface area contributed by atoms with Crippen molar-refractivity contribution >= 4 is 11.6 Å². The fourth-order valence-corrected chi connectivity index (χ4v) is 1.06. The Balaban J connectivity index is 2.77. The molecule has 2 atom stereocenters. The van der Waals surface area contributed by atoms with Crippen LogP contribution in [-0.2, 0) is 0 Å². The quantitative estimate of drug-likeness (QED) is 0.676. The number of hydrogen-bond acceptors (Lipinski definition) is 1. The molecule has 1 rings (SSSR count). The molecule has 1 aromatic carbocycles. The molecule has 0 saturated heterocycles. The topological polar surface area (TPSA) is 20.2 Å². The molecule has 0 aliphatic rings. The molecule has 0 aliphatic carbocycles. The Morgan fingerprint density at radius 1 is 1.27 bits per heavy atom. The number of benzene rings is 1. The summed E-state index contributed by atoms with van der Waals surface area (Å²) in [5.74, 6) is 0. The summed E-state index contributed by atoms with van der Waals surface area (Å²) < 4.78 is 0. The van der Waals surface area contributed by atoms with Gasteiger partial charge in [0.1, 0.15) is 0 Å². The number of aliphatic hydroxyl groups excluding tert-OH is 1. The summed E-state index contributed by atoms with van der Waals surface area (Å²) in [6, 6.07) is 9.56. The summed E-state index contributed by atoms with van der Waals surface area (Å²) in [6.45, 7) is 1.69. The predicted octanol–water partition coefficient (Wildman–Crippen LogP) is 2.35. The molecule has 0 unspecified atom stereocenters. The Labute approximate surface area is 71.6 Å². The molecule has 1 nitrogen and oxygen atoms in total. The van der Waals surface area contributed by atoms with E-state index in [1.54, 1.807) is 6.92 Å². The second kappa shape index (κ2) is 3.74. The maximum absolute atomic E-state index is 9.14. The smallest absolute Gasteiger partial charge is 0.0841 e. The fraction of sp³-hybridized carbons (Fsp3) is 0.333. The molecule has 0 aromatic heterocycles. The van der Waals surface area contributed by atoms with Crippen LogP contribution in [0.3, 0.4) is 0 Å². The van der Waals surface area contributed by atoms with E-state index in [1.165, 1.54) is 0 Å². The summed E-state index contributed by atoms with van der Waals surface area (Å²) >= 11 is 5.89. The maximum atomic E-state index is 9.14. The molecule has 1 N–H and O–H groups in total. The van der Waals surface area contributed by atoms with E-state index < -0.39 is 6.10 Å².